The lowest BCUT2D eigenvalue weighted by Gasteiger charge is -2.38. The summed E-state index contributed by atoms with van der Waals surface area (Å²) < 4.78 is 52.2. The number of hydrogen-bond donors (Lipinski definition) is 9. The number of carboxylic acid groups (broad SMARTS) is 1. The molecule has 1 saturated heterocycles. The Balaban J connectivity index is 1.98. The van der Waals surface area contributed by atoms with Crippen molar-refractivity contribution >= 4 is 27.3 Å². The van der Waals surface area contributed by atoms with E-state index in [-0.39, 0.29) is 5.56 Å². The molecule has 0 aliphatic carbocycles. The highest BCUT2D eigenvalue weighted by molar-refractivity contribution is 7.81. The van der Waals surface area contributed by atoms with Crippen LogP contribution in [0, 0.1) is 0 Å². The molecule has 1 aliphatic heterocycles. The Bertz CT molecular complexity index is 1630. The highest BCUT2D eigenvalue weighted by Crippen LogP contribution is 2.45. The average molecular weight is 574 g/mol. The summed E-state index contributed by atoms with van der Waals surface area (Å²) in [6.07, 6.45) is -10.6. The van der Waals surface area contributed by atoms with Gasteiger partial charge in [0.25, 0.3) is 0 Å². The van der Waals surface area contributed by atoms with Gasteiger partial charge in [0.15, 0.2) is 34.7 Å². The molecule has 0 saturated carbocycles. The second-order valence-corrected chi connectivity index (χ2v) is 9.13. The SMILES string of the molecule is O=C(O)[C@@H]1O[C@@H](Oc2c(O)cc(O)c3c(=O)c(OS(=O)(=O)O)c(-c4ccc(O)c(O)c4)oc23)[C@@H](O)[C@@H](O)[C@@H]1O. The number of carbonyl (C=O) groups is 1. The monoisotopic (exact) mass is 574 g/mol. The maximum Gasteiger partial charge on any atom is 0.446 e. The summed E-state index contributed by atoms with van der Waals surface area (Å²) in [7, 11) is -5.40. The number of aliphatic hydroxyl groups is 3. The summed E-state index contributed by atoms with van der Waals surface area (Å²) in [5.41, 5.74) is -2.72. The molecule has 39 heavy (non-hydrogen) atoms. The molecule has 17 nitrogen and oxygen atoms in total. The Hall–Kier alpha value is -4.33. The van der Waals surface area contributed by atoms with Crippen molar-refractivity contribution in [3.63, 3.8) is 0 Å². The number of carboxylic acids is 1. The van der Waals surface area contributed by atoms with Crippen LogP contribution in [0.15, 0.2) is 33.5 Å². The number of aliphatic carboxylic acids is 1. The molecule has 2 heterocycles. The zero-order valence-corrected chi connectivity index (χ0v) is 19.7. The van der Waals surface area contributed by atoms with Gasteiger partial charge in [0.05, 0.1) is 0 Å². The largest absolute Gasteiger partial charge is 0.507 e. The third kappa shape index (κ3) is 5.06. The van der Waals surface area contributed by atoms with Gasteiger partial charge < -0.3 is 58.9 Å². The lowest BCUT2D eigenvalue weighted by molar-refractivity contribution is -0.271. The highest BCUT2D eigenvalue weighted by Gasteiger charge is 2.48. The summed E-state index contributed by atoms with van der Waals surface area (Å²) in [4.78, 5) is 24.6. The molecular weight excluding hydrogens is 556 g/mol. The predicted molar refractivity (Wildman–Crippen MR) is 122 cm³/mol. The Kier molecular flexibility index (Phi) is 6.93. The quantitative estimate of drug-likeness (QED) is 0.122. The molecule has 18 heteroatoms. The normalized spacial score (nSPS) is 23.4. The third-order valence-electron chi connectivity index (χ3n) is 5.51. The number of aromatic hydroxyl groups is 4. The molecular formula is C21H18O17S. The molecule has 4 rings (SSSR count). The van der Waals surface area contributed by atoms with Crippen LogP contribution < -0.4 is 14.3 Å². The lowest BCUT2D eigenvalue weighted by Crippen LogP contribution is -2.61. The first-order valence-electron chi connectivity index (χ1n) is 10.4. The van der Waals surface area contributed by atoms with E-state index in [2.05, 4.69) is 4.18 Å². The maximum atomic E-state index is 13.2. The van der Waals surface area contributed by atoms with Crippen molar-refractivity contribution in [3.05, 3.63) is 34.5 Å². The average Bonchev–Trinajstić information content (AvgIpc) is 2.83. The van der Waals surface area contributed by atoms with Crippen LogP contribution in [0.25, 0.3) is 22.3 Å². The zero-order chi connectivity index (χ0) is 29.0. The molecule has 0 amide bonds. The van der Waals surface area contributed by atoms with Gasteiger partial charge in [0, 0.05) is 11.6 Å². The molecule has 2 aromatic carbocycles. The molecule has 9 N–H and O–H groups in total. The second-order valence-electron chi connectivity index (χ2n) is 8.10. The molecule has 0 radical (unpaired) electrons. The summed E-state index contributed by atoms with van der Waals surface area (Å²) >= 11 is 0. The fraction of sp³-hybridized carbons (Fsp3) is 0.238. The van der Waals surface area contributed by atoms with Gasteiger partial charge in [-0.05, 0) is 18.2 Å². The maximum absolute atomic E-state index is 13.2. The fourth-order valence-electron chi connectivity index (χ4n) is 3.71. The summed E-state index contributed by atoms with van der Waals surface area (Å²) in [6, 6.07) is 3.19. The Morgan fingerprint density at radius 2 is 1.54 bits per heavy atom. The number of rotatable bonds is 6. The van der Waals surface area contributed by atoms with Gasteiger partial charge in [0.1, 0.15) is 29.4 Å². The Labute approximate surface area is 215 Å². The predicted octanol–water partition coefficient (Wildman–Crippen LogP) is -1.27. The van der Waals surface area contributed by atoms with E-state index in [9.17, 15) is 63.4 Å². The summed E-state index contributed by atoms with van der Waals surface area (Å²) in [6.45, 7) is 0. The number of benzene rings is 2. The van der Waals surface area contributed by atoms with Crippen LogP contribution in [0.3, 0.4) is 0 Å². The van der Waals surface area contributed by atoms with Crippen LogP contribution >= 0.6 is 0 Å². The summed E-state index contributed by atoms with van der Waals surface area (Å²) in [5, 5.41) is 78.6. The van der Waals surface area contributed by atoms with Crippen LogP contribution in [-0.2, 0) is 19.9 Å². The van der Waals surface area contributed by atoms with Gasteiger partial charge in [-0.25, -0.2) is 4.79 Å². The van der Waals surface area contributed by atoms with Crippen LogP contribution in [-0.4, -0.2) is 90.5 Å². The number of hydrogen-bond acceptors (Lipinski definition) is 15. The fourth-order valence-corrected chi connectivity index (χ4v) is 4.07. The van der Waals surface area contributed by atoms with Crippen molar-refractivity contribution in [3.8, 4) is 45.8 Å². The van der Waals surface area contributed by atoms with E-state index < -0.39 is 104 Å². The van der Waals surface area contributed by atoms with E-state index >= 15 is 0 Å². The first kappa shape index (κ1) is 27.7. The number of fused-ring (bicyclic) bond motifs is 1. The molecule has 1 aromatic heterocycles. The van der Waals surface area contributed by atoms with Crippen LogP contribution in [0.1, 0.15) is 0 Å². The van der Waals surface area contributed by atoms with Gasteiger partial charge >= 0.3 is 16.4 Å². The molecule has 0 bridgehead atoms. The van der Waals surface area contributed by atoms with Crippen molar-refractivity contribution in [2.75, 3.05) is 0 Å². The van der Waals surface area contributed by atoms with Crippen LogP contribution in [0.4, 0.5) is 0 Å². The summed E-state index contributed by atoms with van der Waals surface area (Å²) in [5.74, 6) is -8.26. The van der Waals surface area contributed by atoms with Crippen molar-refractivity contribution < 1.29 is 76.7 Å². The van der Waals surface area contributed by atoms with E-state index in [0.29, 0.717) is 6.07 Å². The first-order valence-corrected chi connectivity index (χ1v) is 11.8. The molecule has 0 spiro atoms. The van der Waals surface area contributed by atoms with Crippen molar-refractivity contribution in [2.45, 2.75) is 30.7 Å². The van der Waals surface area contributed by atoms with E-state index in [1.54, 1.807) is 0 Å². The molecule has 3 aromatic rings. The molecule has 1 aliphatic rings. The third-order valence-corrected chi connectivity index (χ3v) is 5.89. The Morgan fingerprint density at radius 3 is 2.13 bits per heavy atom. The minimum Gasteiger partial charge on any atom is -0.507 e. The minimum atomic E-state index is -5.40. The van der Waals surface area contributed by atoms with Crippen molar-refractivity contribution in [1.82, 2.24) is 0 Å². The van der Waals surface area contributed by atoms with Crippen molar-refractivity contribution in [1.29, 1.82) is 0 Å². The smallest absolute Gasteiger partial charge is 0.446 e. The molecule has 210 valence electrons. The standard InChI is InChI=1S/C21H18O17S/c22-6-2-1-5(3-7(6)23)15-18(38-39(32,33)34)11(26)10-8(24)4-9(25)16(17(10)35-15)36-21-14(29)12(27)13(28)19(37-21)20(30)31/h1-4,12-14,19,21-25,27-29H,(H,30,31)(H,32,33,34)/t12-,13-,14-,19+,21+/m0/s1. The number of phenols is 4. The number of ether oxygens (including phenoxy) is 2. The van der Waals surface area contributed by atoms with Gasteiger partial charge in [-0.1, -0.05) is 0 Å². The van der Waals surface area contributed by atoms with E-state index in [1.165, 1.54) is 0 Å². The van der Waals surface area contributed by atoms with Crippen molar-refractivity contribution in [2.24, 2.45) is 0 Å². The minimum absolute atomic E-state index is 0.352. The number of aliphatic hydroxyl groups excluding tert-OH is 3. The van der Waals surface area contributed by atoms with E-state index in [4.69, 9.17) is 13.9 Å². The molecule has 1 fully saturated rings. The Morgan fingerprint density at radius 1 is 0.872 bits per heavy atom. The van der Waals surface area contributed by atoms with Gasteiger partial charge in [-0.2, -0.15) is 8.42 Å². The lowest BCUT2D eigenvalue weighted by atomic mass is 9.99. The number of phenolic OH excluding ortho intramolecular Hbond substituents is 4. The topological polar surface area (TPSA) is 291 Å². The van der Waals surface area contributed by atoms with Crippen LogP contribution in [0.5, 0.6) is 34.5 Å². The first-order chi connectivity index (χ1) is 18.1. The molecule has 5 atom stereocenters. The van der Waals surface area contributed by atoms with Gasteiger partial charge in [-0.15, -0.1) is 0 Å². The van der Waals surface area contributed by atoms with E-state index in [0.717, 1.165) is 18.2 Å². The van der Waals surface area contributed by atoms with Crippen LogP contribution in [0.2, 0.25) is 0 Å². The van der Waals surface area contributed by atoms with E-state index in [1.807, 2.05) is 0 Å². The highest BCUT2D eigenvalue weighted by atomic mass is 32.3. The van der Waals surface area contributed by atoms with Gasteiger partial charge in [0.2, 0.25) is 23.2 Å². The molecule has 0 unspecified atom stereocenters. The zero-order valence-electron chi connectivity index (χ0n) is 18.9. The van der Waals surface area contributed by atoms with Gasteiger partial charge in [-0.3, -0.25) is 9.35 Å². The second kappa shape index (κ2) is 9.76.